The van der Waals surface area contributed by atoms with E-state index in [4.69, 9.17) is 16.0 Å². The summed E-state index contributed by atoms with van der Waals surface area (Å²) in [4.78, 5) is 13.3. The number of rotatable bonds is 8. The second kappa shape index (κ2) is 11.3. The number of oxazole rings is 1. The summed E-state index contributed by atoms with van der Waals surface area (Å²) in [6.07, 6.45) is 0. The molecule has 0 amide bonds. The van der Waals surface area contributed by atoms with Crippen LogP contribution in [0.25, 0.3) is 33.8 Å². The minimum Gasteiger partial charge on any atom is -0.407 e. The molecule has 8 nitrogen and oxygen atoms in total. The van der Waals surface area contributed by atoms with Crippen LogP contribution in [0.3, 0.4) is 0 Å². The van der Waals surface area contributed by atoms with E-state index in [1.54, 1.807) is 53.1 Å². The van der Waals surface area contributed by atoms with Gasteiger partial charge in [-0.2, -0.15) is 0 Å². The molecule has 0 fully saturated rings. The van der Waals surface area contributed by atoms with Gasteiger partial charge >= 0.3 is 5.76 Å². The first kappa shape index (κ1) is 27.4. The van der Waals surface area contributed by atoms with Crippen molar-refractivity contribution in [1.29, 1.82) is 0 Å². The van der Waals surface area contributed by atoms with E-state index in [0.29, 0.717) is 27.7 Å². The second-order valence-electron chi connectivity index (χ2n) is 9.72. The van der Waals surface area contributed by atoms with E-state index < -0.39 is 15.6 Å². The first-order valence-corrected chi connectivity index (χ1v) is 15.0. The van der Waals surface area contributed by atoms with Gasteiger partial charge in [-0.3, -0.25) is 4.57 Å². The summed E-state index contributed by atoms with van der Waals surface area (Å²) >= 11 is 6.14. The summed E-state index contributed by atoms with van der Waals surface area (Å²) in [6.45, 7) is 2.17. The van der Waals surface area contributed by atoms with Crippen molar-refractivity contribution in [2.24, 2.45) is 0 Å². The lowest BCUT2D eigenvalue weighted by Gasteiger charge is -2.12. The Bertz CT molecular complexity index is 2020. The summed E-state index contributed by atoms with van der Waals surface area (Å²) in [5.74, 6) is -0.0840. The van der Waals surface area contributed by atoms with Crippen LogP contribution in [0, 0.1) is 6.92 Å². The lowest BCUT2D eigenvalue weighted by atomic mass is 10.1. The normalized spacial score (nSPS) is 11.6. The third-order valence-corrected chi connectivity index (χ3v) is 8.85. The van der Waals surface area contributed by atoms with Crippen LogP contribution in [-0.2, 0) is 22.9 Å². The van der Waals surface area contributed by atoms with Gasteiger partial charge in [-0.1, -0.05) is 107 Å². The molecule has 210 valence electrons. The average molecular weight is 597 g/mol. The number of aryl methyl sites for hydroxylation is 2. The standard InChI is InChI=1S/C32H25ClN4O4S/c1-22-12-18-27(19-13-22)42(39,40)31-29(24-14-16-26(33)17-15-24)37(35-34-31)21-20-36-28(23-8-4-2-5-9-23)30(41-32(36)38)25-10-6-3-7-11-25/h2-19H,20-21H2,1H3. The van der Waals surface area contributed by atoms with Crippen LogP contribution in [0.5, 0.6) is 0 Å². The summed E-state index contributed by atoms with van der Waals surface area (Å²) < 4.78 is 36.3. The van der Waals surface area contributed by atoms with E-state index in [0.717, 1.165) is 16.7 Å². The largest absolute Gasteiger partial charge is 0.420 e. The molecule has 0 aliphatic rings. The molecule has 6 aromatic rings. The predicted molar refractivity (Wildman–Crippen MR) is 161 cm³/mol. The quantitative estimate of drug-likeness (QED) is 0.198. The fourth-order valence-corrected chi connectivity index (χ4v) is 6.28. The molecule has 0 saturated carbocycles. The van der Waals surface area contributed by atoms with Crippen molar-refractivity contribution in [2.45, 2.75) is 29.9 Å². The van der Waals surface area contributed by atoms with Gasteiger partial charge in [-0.25, -0.2) is 17.9 Å². The number of hydrogen-bond donors (Lipinski definition) is 0. The fourth-order valence-electron chi connectivity index (χ4n) is 4.81. The Morgan fingerprint density at radius 1 is 0.738 bits per heavy atom. The number of nitrogens with zero attached hydrogens (tertiary/aromatic N) is 4. The van der Waals surface area contributed by atoms with Gasteiger partial charge in [0.15, 0.2) is 5.76 Å². The van der Waals surface area contributed by atoms with Crippen LogP contribution in [0.1, 0.15) is 5.56 Å². The molecule has 4 aromatic carbocycles. The Labute approximate surface area is 247 Å². The number of benzene rings is 4. The zero-order valence-corrected chi connectivity index (χ0v) is 24.1. The lowest BCUT2D eigenvalue weighted by Crippen LogP contribution is -2.20. The number of aromatic nitrogens is 4. The Balaban J connectivity index is 1.45. The highest BCUT2D eigenvalue weighted by molar-refractivity contribution is 7.91. The van der Waals surface area contributed by atoms with E-state index in [2.05, 4.69) is 10.3 Å². The van der Waals surface area contributed by atoms with Gasteiger partial charge in [0.2, 0.25) is 14.9 Å². The highest BCUT2D eigenvalue weighted by atomic mass is 35.5. The maximum absolute atomic E-state index is 13.7. The van der Waals surface area contributed by atoms with Crippen LogP contribution < -0.4 is 5.76 Å². The van der Waals surface area contributed by atoms with Crippen LogP contribution in [-0.4, -0.2) is 28.0 Å². The molecule has 0 saturated heterocycles. The molecule has 0 unspecified atom stereocenters. The molecule has 0 N–H and O–H groups in total. The molecule has 0 radical (unpaired) electrons. The molecule has 0 atom stereocenters. The molecular formula is C32H25ClN4O4S. The van der Waals surface area contributed by atoms with Crippen LogP contribution in [0.15, 0.2) is 128 Å². The van der Waals surface area contributed by atoms with E-state index in [-0.39, 0.29) is 23.0 Å². The van der Waals surface area contributed by atoms with Crippen molar-refractivity contribution in [3.8, 4) is 33.8 Å². The fraction of sp³-hybridized carbons (Fsp3) is 0.0938. The third-order valence-electron chi connectivity index (χ3n) is 6.92. The molecule has 0 aliphatic carbocycles. The minimum atomic E-state index is -4.01. The molecule has 0 spiro atoms. The topological polar surface area (TPSA) is 100.0 Å². The van der Waals surface area contributed by atoms with Gasteiger partial charge in [0.1, 0.15) is 5.69 Å². The molecule has 42 heavy (non-hydrogen) atoms. The van der Waals surface area contributed by atoms with Crippen molar-refractivity contribution in [3.05, 3.63) is 130 Å². The van der Waals surface area contributed by atoms with E-state index in [1.165, 1.54) is 4.68 Å². The Morgan fingerprint density at radius 2 is 1.33 bits per heavy atom. The van der Waals surface area contributed by atoms with Gasteiger partial charge in [0.05, 0.1) is 17.1 Å². The van der Waals surface area contributed by atoms with Gasteiger partial charge in [0.25, 0.3) is 0 Å². The summed E-state index contributed by atoms with van der Waals surface area (Å²) in [5.41, 5.74) is 4.00. The molecule has 2 aromatic heterocycles. The zero-order valence-electron chi connectivity index (χ0n) is 22.5. The first-order valence-electron chi connectivity index (χ1n) is 13.2. The van der Waals surface area contributed by atoms with Gasteiger partial charge in [-0.15, -0.1) is 5.10 Å². The zero-order chi connectivity index (χ0) is 29.3. The Kier molecular flexibility index (Phi) is 7.36. The van der Waals surface area contributed by atoms with Crippen molar-refractivity contribution in [1.82, 2.24) is 19.6 Å². The van der Waals surface area contributed by atoms with Crippen molar-refractivity contribution in [3.63, 3.8) is 0 Å². The van der Waals surface area contributed by atoms with Crippen LogP contribution in [0.2, 0.25) is 5.02 Å². The first-order chi connectivity index (χ1) is 20.3. The van der Waals surface area contributed by atoms with Crippen LogP contribution >= 0.6 is 11.6 Å². The summed E-state index contributed by atoms with van der Waals surface area (Å²) in [5, 5.41) is 8.71. The SMILES string of the molecule is Cc1ccc(S(=O)(=O)c2nnn(CCn3c(-c4ccccc4)c(-c4ccccc4)oc3=O)c2-c2ccc(Cl)cc2)cc1. The van der Waals surface area contributed by atoms with Gasteiger partial charge in [0, 0.05) is 28.3 Å². The number of hydrogen-bond acceptors (Lipinski definition) is 6. The molecular weight excluding hydrogens is 572 g/mol. The Morgan fingerprint density at radius 3 is 1.98 bits per heavy atom. The predicted octanol–water partition coefficient (Wildman–Crippen LogP) is 6.53. The molecule has 0 bridgehead atoms. The maximum atomic E-state index is 13.7. The average Bonchev–Trinajstić information content (AvgIpc) is 3.59. The summed E-state index contributed by atoms with van der Waals surface area (Å²) in [6, 6.07) is 32.3. The second-order valence-corrected chi connectivity index (χ2v) is 12.0. The van der Waals surface area contributed by atoms with Gasteiger partial charge in [-0.05, 0) is 31.2 Å². The smallest absolute Gasteiger partial charge is 0.407 e. The molecule has 10 heteroatoms. The van der Waals surface area contributed by atoms with Crippen molar-refractivity contribution >= 4 is 21.4 Å². The third kappa shape index (κ3) is 5.20. The van der Waals surface area contributed by atoms with Crippen LogP contribution in [0.4, 0.5) is 0 Å². The highest BCUT2D eigenvalue weighted by Gasteiger charge is 2.29. The van der Waals surface area contributed by atoms with Crippen molar-refractivity contribution in [2.75, 3.05) is 0 Å². The minimum absolute atomic E-state index is 0.111. The van der Waals surface area contributed by atoms with E-state index in [9.17, 15) is 13.2 Å². The van der Waals surface area contributed by atoms with E-state index >= 15 is 0 Å². The molecule has 2 heterocycles. The summed E-state index contributed by atoms with van der Waals surface area (Å²) in [7, 11) is -4.01. The lowest BCUT2D eigenvalue weighted by molar-refractivity contribution is 0.457. The molecule has 0 aliphatic heterocycles. The van der Waals surface area contributed by atoms with Crippen molar-refractivity contribution < 1.29 is 12.8 Å². The molecule has 6 rings (SSSR count). The Hall–Kier alpha value is -4.73. The van der Waals surface area contributed by atoms with Gasteiger partial charge < -0.3 is 4.42 Å². The number of halogens is 1. The number of sulfone groups is 1. The highest BCUT2D eigenvalue weighted by Crippen LogP contribution is 2.33. The monoisotopic (exact) mass is 596 g/mol. The maximum Gasteiger partial charge on any atom is 0.420 e. The van der Waals surface area contributed by atoms with E-state index in [1.807, 2.05) is 67.6 Å².